The lowest BCUT2D eigenvalue weighted by Gasteiger charge is -2.14. The van der Waals surface area contributed by atoms with Crippen molar-refractivity contribution in [3.63, 3.8) is 0 Å². The van der Waals surface area contributed by atoms with Crippen LogP contribution in [0.3, 0.4) is 0 Å². The summed E-state index contributed by atoms with van der Waals surface area (Å²) in [5.41, 5.74) is 3.27. The summed E-state index contributed by atoms with van der Waals surface area (Å²) in [5.74, 6) is 5.43. The highest BCUT2D eigenvalue weighted by Crippen LogP contribution is 2.35. The van der Waals surface area contributed by atoms with E-state index < -0.39 is 17.2 Å². The van der Waals surface area contributed by atoms with Crippen LogP contribution in [0, 0.1) is 0 Å². The van der Waals surface area contributed by atoms with Crippen molar-refractivity contribution >= 4 is 27.3 Å². The predicted molar refractivity (Wildman–Crippen MR) is 70.4 cm³/mol. The topological polar surface area (TPSA) is 50.9 Å². The molecule has 0 fully saturated rings. The Hall–Kier alpha value is -0.960. The number of alkyl halides is 3. The highest BCUT2D eigenvalue weighted by molar-refractivity contribution is 9.10. The first-order chi connectivity index (χ1) is 8.91. The van der Waals surface area contributed by atoms with Gasteiger partial charge in [-0.25, -0.2) is 10.4 Å². The van der Waals surface area contributed by atoms with Gasteiger partial charge in [-0.2, -0.15) is 13.2 Å². The summed E-state index contributed by atoms with van der Waals surface area (Å²) >= 11 is 3.87. The lowest BCUT2D eigenvalue weighted by Crippen LogP contribution is -2.28. The van der Waals surface area contributed by atoms with E-state index in [2.05, 4.69) is 26.3 Å². The van der Waals surface area contributed by atoms with E-state index in [0.717, 1.165) is 10.0 Å². The molecule has 19 heavy (non-hydrogen) atoms. The molecule has 1 aromatic carbocycles. The van der Waals surface area contributed by atoms with Crippen LogP contribution in [0.1, 0.15) is 21.5 Å². The van der Waals surface area contributed by atoms with Crippen molar-refractivity contribution in [3.05, 3.63) is 50.4 Å². The lowest BCUT2D eigenvalue weighted by molar-refractivity contribution is -0.137. The smallest absolute Gasteiger partial charge is 0.271 e. The van der Waals surface area contributed by atoms with Crippen LogP contribution in [0.25, 0.3) is 0 Å². The van der Waals surface area contributed by atoms with Crippen LogP contribution in [0.5, 0.6) is 0 Å². The summed E-state index contributed by atoms with van der Waals surface area (Å²) in [4.78, 5) is 3.80. The van der Waals surface area contributed by atoms with Gasteiger partial charge in [0.15, 0.2) is 5.01 Å². The molecule has 8 heteroatoms. The molecular weight excluding hydrogens is 343 g/mol. The van der Waals surface area contributed by atoms with Crippen LogP contribution in [-0.4, -0.2) is 4.98 Å². The second-order valence-electron chi connectivity index (χ2n) is 3.72. The van der Waals surface area contributed by atoms with Gasteiger partial charge < -0.3 is 0 Å². The van der Waals surface area contributed by atoms with Crippen LogP contribution in [0.2, 0.25) is 0 Å². The van der Waals surface area contributed by atoms with Crippen molar-refractivity contribution in [1.29, 1.82) is 0 Å². The Morgan fingerprint density at radius 2 is 1.89 bits per heavy atom. The zero-order valence-electron chi connectivity index (χ0n) is 9.41. The maximum Gasteiger partial charge on any atom is 0.443 e. The van der Waals surface area contributed by atoms with E-state index in [1.54, 1.807) is 24.3 Å². The Kier molecular flexibility index (Phi) is 4.24. The van der Waals surface area contributed by atoms with E-state index in [4.69, 9.17) is 5.84 Å². The van der Waals surface area contributed by atoms with Gasteiger partial charge in [0, 0.05) is 15.5 Å². The average Bonchev–Trinajstić information content (AvgIpc) is 2.82. The quantitative estimate of drug-likeness (QED) is 0.657. The van der Waals surface area contributed by atoms with Gasteiger partial charge >= 0.3 is 6.18 Å². The molecular formula is C11H9BrF3N3S. The molecule has 0 radical (unpaired) electrons. The number of hydrogen-bond donors (Lipinski definition) is 2. The summed E-state index contributed by atoms with van der Waals surface area (Å²) in [6.45, 7) is 0. The van der Waals surface area contributed by atoms with Crippen molar-refractivity contribution < 1.29 is 13.2 Å². The second kappa shape index (κ2) is 5.58. The summed E-state index contributed by atoms with van der Waals surface area (Å²) in [6, 6.07) is 6.64. The summed E-state index contributed by atoms with van der Waals surface area (Å²) < 4.78 is 38.4. The first-order valence-corrected chi connectivity index (χ1v) is 6.77. The monoisotopic (exact) mass is 351 g/mol. The van der Waals surface area contributed by atoms with E-state index in [0.29, 0.717) is 16.2 Å². The Bertz CT molecular complexity index is 553. The molecule has 1 heterocycles. The van der Waals surface area contributed by atoms with Gasteiger partial charge in [0.2, 0.25) is 0 Å². The maximum atomic E-state index is 12.5. The molecule has 0 aliphatic rings. The zero-order chi connectivity index (χ0) is 14.0. The molecule has 0 aliphatic carbocycles. The van der Waals surface area contributed by atoms with Gasteiger partial charge in [0.05, 0.1) is 6.04 Å². The highest BCUT2D eigenvalue weighted by Gasteiger charge is 2.35. The maximum absolute atomic E-state index is 12.5. The number of rotatable bonds is 3. The van der Waals surface area contributed by atoms with Crippen LogP contribution in [0.15, 0.2) is 34.9 Å². The molecule has 1 atom stereocenters. The third kappa shape index (κ3) is 3.33. The average molecular weight is 352 g/mol. The van der Waals surface area contributed by atoms with Crippen LogP contribution >= 0.6 is 27.3 Å². The number of halogens is 4. The SMILES string of the molecule is NNC(c1ccc(Br)cc1)c1cnc(C(F)(F)F)s1. The number of aromatic nitrogens is 1. The van der Waals surface area contributed by atoms with Crippen molar-refractivity contribution in [2.75, 3.05) is 0 Å². The molecule has 0 amide bonds. The minimum atomic E-state index is -4.43. The summed E-state index contributed by atoms with van der Waals surface area (Å²) in [5, 5.41) is -0.875. The number of benzene rings is 1. The Morgan fingerprint density at radius 3 is 2.37 bits per heavy atom. The highest BCUT2D eigenvalue weighted by atomic mass is 79.9. The Morgan fingerprint density at radius 1 is 1.26 bits per heavy atom. The number of thiazole rings is 1. The van der Waals surface area contributed by atoms with Gasteiger partial charge in [-0.15, -0.1) is 11.3 Å². The number of nitrogens with one attached hydrogen (secondary N) is 1. The second-order valence-corrected chi connectivity index (χ2v) is 5.69. The van der Waals surface area contributed by atoms with Crippen LogP contribution in [-0.2, 0) is 6.18 Å². The number of hydrogen-bond acceptors (Lipinski definition) is 4. The fourth-order valence-electron chi connectivity index (χ4n) is 1.55. The van der Waals surface area contributed by atoms with Crippen molar-refractivity contribution in [1.82, 2.24) is 10.4 Å². The molecule has 3 N–H and O–H groups in total. The molecule has 102 valence electrons. The lowest BCUT2D eigenvalue weighted by atomic mass is 10.1. The third-order valence-electron chi connectivity index (χ3n) is 2.42. The minimum Gasteiger partial charge on any atom is -0.271 e. The van der Waals surface area contributed by atoms with E-state index in [1.165, 1.54) is 6.20 Å². The number of hydrazine groups is 1. The number of nitrogens with zero attached hydrogens (tertiary/aromatic N) is 1. The van der Waals surface area contributed by atoms with Crippen LogP contribution < -0.4 is 11.3 Å². The molecule has 1 aromatic heterocycles. The molecule has 0 saturated heterocycles. The normalized spacial score (nSPS) is 13.5. The van der Waals surface area contributed by atoms with E-state index in [-0.39, 0.29) is 0 Å². The van der Waals surface area contributed by atoms with Crippen molar-refractivity contribution in [2.45, 2.75) is 12.2 Å². The van der Waals surface area contributed by atoms with Crippen molar-refractivity contribution in [3.8, 4) is 0 Å². The first kappa shape index (κ1) is 14.4. The number of nitrogens with two attached hydrogens (primary N) is 1. The minimum absolute atomic E-state index is 0.414. The standard InChI is InChI=1S/C11H9BrF3N3S/c12-7-3-1-6(2-4-7)9(18-16)8-5-17-10(19-8)11(13,14)15/h1-5,9,18H,16H2. The fraction of sp³-hybridized carbons (Fsp3) is 0.182. The van der Waals surface area contributed by atoms with Crippen molar-refractivity contribution in [2.24, 2.45) is 5.84 Å². The third-order valence-corrected chi connectivity index (χ3v) is 4.06. The zero-order valence-corrected chi connectivity index (χ0v) is 11.8. The molecule has 0 bridgehead atoms. The largest absolute Gasteiger partial charge is 0.443 e. The first-order valence-electron chi connectivity index (χ1n) is 5.16. The molecule has 2 rings (SSSR count). The van der Waals surface area contributed by atoms with E-state index in [1.807, 2.05) is 0 Å². The van der Waals surface area contributed by atoms with Gasteiger partial charge in [-0.1, -0.05) is 28.1 Å². The van der Waals surface area contributed by atoms with E-state index >= 15 is 0 Å². The Balaban J connectivity index is 2.32. The summed E-state index contributed by atoms with van der Waals surface area (Å²) in [6.07, 6.45) is -3.23. The van der Waals surface area contributed by atoms with Crippen LogP contribution in [0.4, 0.5) is 13.2 Å². The molecule has 2 aromatic rings. The van der Waals surface area contributed by atoms with Gasteiger partial charge in [0.25, 0.3) is 0 Å². The van der Waals surface area contributed by atoms with Gasteiger partial charge in [-0.3, -0.25) is 5.84 Å². The van der Waals surface area contributed by atoms with Gasteiger partial charge in [0.1, 0.15) is 0 Å². The van der Waals surface area contributed by atoms with E-state index in [9.17, 15) is 13.2 Å². The molecule has 0 saturated carbocycles. The fourth-order valence-corrected chi connectivity index (χ4v) is 2.69. The predicted octanol–water partition coefficient (Wildman–Crippen LogP) is 3.48. The molecule has 1 unspecified atom stereocenters. The van der Waals surface area contributed by atoms with Gasteiger partial charge in [-0.05, 0) is 17.7 Å². The molecule has 3 nitrogen and oxygen atoms in total. The Labute approximate surface area is 119 Å². The molecule has 0 aliphatic heterocycles. The molecule has 0 spiro atoms. The summed E-state index contributed by atoms with van der Waals surface area (Å²) in [7, 11) is 0.